The van der Waals surface area contributed by atoms with Gasteiger partial charge in [-0.05, 0) is 24.3 Å². The molecule has 2 aromatic rings. The van der Waals surface area contributed by atoms with Crippen molar-refractivity contribution in [1.29, 1.82) is 0 Å². The average molecular weight is 266 g/mol. The molecule has 2 rings (SSSR count). The molecule has 0 spiro atoms. The molecule has 2 N–H and O–H groups in total. The number of thiazole rings is 1. The number of benzene rings is 1. The van der Waals surface area contributed by atoms with E-state index >= 15 is 0 Å². The van der Waals surface area contributed by atoms with Gasteiger partial charge in [-0.2, -0.15) is 0 Å². The zero-order valence-electron chi connectivity index (χ0n) is 9.01. The van der Waals surface area contributed by atoms with Crippen molar-refractivity contribution in [1.82, 2.24) is 4.98 Å². The second-order valence-corrected chi connectivity index (χ2v) is 5.67. The predicted molar refractivity (Wildman–Crippen MR) is 68.6 cm³/mol. The van der Waals surface area contributed by atoms with Gasteiger partial charge >= 0.3 is 0 Å². The number of phenols is 1. The molecule has 0 aliphatic rings. The van der Waals surface area contributed by atoms with Gasteiger partial charge in [-0.3, -0.25) is 4.79 Å². The summed E-state index contributed by atoms with van der Waals surface area (Å²) < 4.78 is 0.986. The molecule has 1 heterocycles. The smallest absolute Gasteiger partial charge is 0.223 e. The van der Waals surface area contributed by atoms with Crippen LogP contribution in [0.1, 0.15) is 6.92 Å². The standard InChI is InChI=1S/C11H10N2O2S2/c1-7(14)13-11-12-6-10(17-11)16-9-4-2-8(15)3-5-9/h2-6,15H,1H3,(H,12,13,14). The van der Waals surface area contributed by atoms with Gasteiger partial charge in [-0.1, -0.05) is 23.1 Å². The third-order valence-corrected chi connectivity index (χ3v) is 3.84. The fraction of sp³-hybridized carbons (Fsp3) is 0.0909. The minimum Gasteiger partial charge on any atom is -0.508 e. The zero-order chi connectivity index (χ0) is 12.3. The number of aromatic nitrogens is 1. The van der Waals surface area contributed by atoms with Crippen LogP contribution >= 0.6 is 23.1 Å². The van der Waals surface area contributed by atoms with E-state index in [-0.39, 0.29) is 11.7 Å². The maximum absolute atomic E-state index is 10.8. The van der Waals surface area contributed by atoms with E-state index in [2.05, 4.69) is 10.3 Å². The van der Waals surface area contributed by atoms with Crippen molar-refractivity contribution in [2.75, 3.05) is 5.32 Å². The van der Waals surface area contributed by atoms with Crippen molar-refractivity contribution < 1.29 is 9.90 Å². The van der Waals surface area contributed by atoms with Crippen LogP contribution in [0.25, 0.3) is 0 Å². The van der Waals surface area contributed by atoms with E-state index in [1.54, 1.807) is 18.3 Å². The van der Waals surface area contributed by atoms with Crippen molar-refractivity contribution in [2.24, 2.45) is 0 Å². The van der Waals surface area contributed by atoms with Gasteiger partial charge in [0, 0.05) is 11.8 Å². The number of aromatic hydroxyl groups is 1. The molecule has 0 fully saturated rings. The monoisotopic (exact) mass is 266 g/mol. The minimum atomic E-state index is -0.125. The summed E-state index contributed by atoms with van der Waals surface area (Å²) in [6.07, 6.45) is 1.72. The summed E-state index contributed by atoms with van der Waals surface area (Å²) in [5, 5.41) is 12.4. The number of anilines is 1. The number of rotatable bonds is 3. The van der Waals surface area contributed by atoms with E-state index < -0.39 is 0 Å². The molecule has 0 saturated carbocycles. The van der Waals surface area contributed by atoms with Gasteiger partial charge in [0.2, 0.25) is 5.91 Å². The molecule has 1 aromatic carbocycles. The summed E-state index contributed by atoms with van der Waals surface area (Å²) in [5.74, 6) is 0.123. The van der Waals surface area contributed by atoms with E-state index in [1.807, 2.05) is 12.1 Å². The van der Waals surface area contributed by atoms with Gasteiger partial charge in [0.05, 0.1) is 10.4 Å². The molecule has 88 valence electrons. The Hall–Kier alpha value is -1.53. The highest BCUT2D eigenvalue weighted by atomic mass is 32.2. The van der Waals surface area contributed by atoms with Gasteiger partial charge in [0.15, 0.2) is 5.13 Å². The second-order valence-electron chi connectivity index (χ2n) is 3.26. The molecule has 0 aliphatic carbocycles. The van der Waals surface area contributed by atoms with Crippen LogP contribution in [0, 0.1) is 0 Å². The first-order valence-corrected chi connectivity index (χ1v) is 6.47. The Morgan fingerprint density at radius 2 is 2.12 bits per heavy atom. The Morgan fingerprint density at radius 1 is 1.41 bits per heavy atom. The fourth-order valence-electron chi connectivity index (χ4n) is 1.15. The summed E-state index contributed by atoms with van der Waals surface area (Å²) in [7, 11) is 0. The molecular weight excluding hydrogens is 256 g/mol. The predicted octanol–water partition coefficient (Wildman–Crippen LogP) is 2.96. The average Bonchev–Trinajstić information content (AvgIpc) is 2.68. The first-order chi connectivity index (χ1) is 8.13. The summed E-state index contributed by atoms with van der Waals surface area (Å²) >= 11 is 2.96. The summed E-state index contributed by atoms with van der Waals surface area (Å²) in [6, 6.07) is 6.94. The lowest BCUT2D eigenvalue weighted by atomic mass is 10.3. The van der Waals surface area contributed by atoms with Crippen LogP contribution in [-0.4, -0.2) is 16.0 Å². The molecule has 1 aromatic heterocycles. The van der Waals surface area contributed by atoms with Crippen molar-refractivity contribution in [3.8, 4) is 5.75 Å². The third-order valence-electron chi connectivity index (χ3n) is 1.82. The topological polar surface area (TPSA) is 62.2 Å². The van der Waals surface area contributed by atoms with Crippen LogP contribution in [0.4, 0.5) is 5.13 Å². The van der Waals surface area contributed by atoms with Crippen molar-refractivity contribution in [2.45, 2.75) is 16.0 Å². The molecule has 0 atom stereocenters. The molecule has 0 unspecified atom stereocenters. The molecule has 1 amide bonds. The van der Waals surface area contributed by atoms with Crippen LogP contribution in [0.5, 0.6) is 5.75 Å². The first-order valence-electron chi connectivity index (χ1n) is 4.84. The Balaban J connectivity index is 2.06. The van der Waals surface area contributed by atoms with Gasteiger partial charge in [-0.15, -0.1) is 0 Å². The SMILES string of the molecule is CC(=O)Nc1ncc(Sc2ccc(O)cc2)s1. The fourth-order valence-corrected chi connectivity index (χ4v) is 3.04. The Morgan fingerprint density at radius 3 is 2.76 bits per heavy atom. The lowest BCUT2D eigenvalue weighted by Gasteiger charge is -1.97. The number of carbonyl (C=O) groups is 1. The minimum absolute atomic E-state index is 0.125. The largest absolute Gasteiger partial charge is 0.508 e. The summed E-state index contributed by atoms with van der Waals surface area (Å²) in [6.45, 7) is 1.45. The normalized spacial score (nSPS) is 10.2. The van der Waals surface area contributed by atoms with Gasteiger partial charge < -0.3 is 10.4 Å². The van der Waals surface area contributed by atoms with E-state index in [4.69, 9.17) is 5.11 Å². The number of hydrogen-bond donors (Lipinski definition) is 2. The number of hydrogen-bond acceptors (Lipinski definition) is 5. The molecular formula is C11H10N2O2S2. The van der Waals surface area contributed by atoms with Crippen LogP contribution < -0.4 is 5.32 Å². The number of carbonyl (C=O) groups excluding carboxylic acids is 1. The molecule has 4 nitrogen and oxygen atoms in total. The number of nitrogens with zero attached hydrogens (tertiary/aromatic N) is 1. The van der Waals surface area contributed by atoms with Crippen LogP contribution in [0.15, 0.2) is 39.6 Å². The third kappa shape index (κ3) is 3.47. The lowest BCUT2D eigenvalue weighted by Crippen LogP contribution is -2.04. The molecule has 6 heteroatoms. The van der Waals surface area contributed by atoms with Crippen molar-refractivity contribution >= 4 is 34.1 Å². The summed E-state index contributed by atoms with van der Waals surface area (Å²) in [4.78, 5) is 15.9. The Kier molecular flexibility index (Phi) is 3.65. The second kappa shape index (κ2) is 5.20. The molecule has 0 aliphatic heterocycles. The molecule has 0 saturated heterocycles. The Labute approximate surface area is 107 Å². The number of amides is 1. The van der Waals surface area contributed by atoms with Crippen LogP contribution in [-0.2, 0) is 4.79 Å². The van der Waals surface area contributed by atoms with Crippen molar-refractivity contribution in [3.63, 3.8) is 0 Å². The number of phenolic OH excluding ortho intramolecular Hbond substituents is 1. The number of nitrogens with one attached hydrogen (secondary N) is 1. The van der Waals surface area contributed by atoms with Crippen molar-refractivity contribution in [3.05, 3.63) is 30.5 Å². The van der Waals surface area contributed by atoms with Gasteiger partial charge in [-0.25, -0.2) is 4.98 Å². The van der Waals surface area contributed by atoms with Crippen LogP contribution in [0.2, 0.25) is 0 Å². The van der Waals surface area contributed by atoms with Crippen LogP contribution in [0.3, 0.4) is 0 Å². The summed E-state index contributed by atoms with van der Waals surface area (Å²) in [5.41, 5.74) is 0. The quantitative estimate of drug-likeness (QED) is 0.896. The lowest BCUT2D eigenvalue weighted by molar-refractivity contribution is -0.114. The van der Waals surface area contributed by atoms with Gasteiger partial charge in [0.25, 0.3) is 0 Å². The van der Waals surface area contributed by atoms with E-state index in [0.717, 1.165) is 9.10 Å². The highest BCUT2D eigenvalue weighted by molar-refractivity contribution is 8.01. The van der Waals surface area contributed by atoms with Gasteiger partial charge in [0.1, 0.15) is 5.75 Å². The maximum atomic E-state index is 10.8. The zero-order valence-corrected chi connectivity index (χ0v) is 10.6. The molecule has 17 heavy (non-hydrogen) atoms. The molecule has 0 bridgehead atoms. The molecule has 0 radical (unpaired) electrons. The van der Waals surface area contributed by atoms with E-state index in [1.165, 1.54) is 30.0 Å². The highest BCUT2D eigenvalue weighted by Gasteiger charge is 2.05. The van der Waals surface area contributed by atoms with E-state index in [9.17, 15) is 4.79 Å². The maximum Gasteiger partial charge on any atom is 0.223 e. The Bertz CT molecular complexity index is 523. The van der Waals surface area contributed by atoms with E-state index in [0.29, 0.717) is 5.13 Å². The highest BCUT2D eigenvalue weighted by Crippen LogP contribution is 2.34. The first kappa shape index (κ1) is 11.9.